The molecule has 0 unspecified atom stereocenters. The van der Waals surface area contributed by atoms with Crippen LogP contribution in [-0.4, -0.2) is 14.1 Å². The molecule has 0 amide bonds. The zero-order valence-corrected chi connectivity index (χ0v) is 15.6. The molecule has 2 aromatic rings. The van der Waals surface area contributed by atoms with Crippen LogP contribution in [0.5, 0.6) is 0 Å². The van der Waals surface area contributed by atoms with Crippen molar-refractivity contribution in [3.8, 4) is 0 Å². The van der Waals surface area contributed by atoms with E-state index in [0.717, 1.165) is 23.3 Å². The highest BCUT2D eigenvalue weighted by Gasteiger charge is 2.31. The molecule has 0 fully saturated rings. The molecule has 0 atom stereocenters. The van der Waals surface area contributed by atoms with Crippen LogP contribution in [0, 0.1) is 6.92 Å². The number of aryl methyl sites for hydroxylation is 1. The Morgan fingerprint density at radius 1 is 1.08 bits per heavy atom. The third kappa shape index (κ3) is 4.71. The highest BCUT2D eigenvalue weighted by atomic mass is 35.5. The first-order valence-corrected chi connectivity index (χ1v) is 8.35. The van der Waals surface area contributed by atoms with E-state index in [1.807, 2.05) is 19.1 Å². The van der Waals surface area contributed by atoms with Gasteiger partial charge in [-0.05, 0) is 48.2 Å². The molecule has 0 heterocycles. The Morgan fingerprint density at radius 3 is 2.36 bits per heavy atom. The molecular weight excluding hydrogens is 370 g/mol. The molecule has 25 heavy (non-hydrogen) atoms. The standard InChI is InChI=1S/C19H18Cl2F3N/c1-12-7-10-16(20)15(18(12)21)6-4-5-13-8-9-14(19(22,23)24)11-17(13)25(2)3/h4-5,7-11H,6H2,1-3H3/b5-4+. The Morgan fingerprint density at radius 2 is 1.76 bits per heavy atom. The van der Waals surface area contributed by atoms with E-state index in [4.69, 9.17) is 23.2 Å². The second kappa shape index (κ2) is 7.71. The van der Waals surface area contributed by atoms with Crippen molar-refractivity contribution < 1.29 is 13.2 Å². The van der Waals surface area contributed by atoms with E-state index in [1.165, 1.54) is 6.07 Å². The molecule has 6 heteroatoms. The van der Waals surface area contributed by atoms with Crippen molar-refractivity contribution in [2.24, 2.45) is 0 Å². The number of allylic oxidation sites excluding steroid dienone is 1. The predicted octanol–water partition coefficient (Wildman–Crippen LogP) is 6.64. The van der Waals surface area contributed by atoms with Crippen LogP contribution in [0.1, 0.15) is 22.3 Å². The molecular formula is C19H18Cl2F3N. The van der Waals surface area contributed by atoms with Gasteiger partial charge in [0.25, 0.3) is 0 Å². The molecule has 0 bridgehead atoms. The maximum atomic E-state index is 12.9. The van der Waals surface area contributed by atoms with Crippen LogP contribution >= 0.6 is 23.2 Å². The van der Waals surface area contributed by atoms with Gasteiger partial charge < -0.3 is 4.90 Å². The Balaban J connectivity index is 2.31. The molecule has 0 saturated carbocycles. The number of nitrogens with zero attached hydrogens (tertiary/aromatic N) is 1. The van der Waals surface area contributed by atoms with E-state index in [1.54, 1.807) is 31.1 Å². The fourth-order valence-corrected chi connectivity index (χ4v) is 2.98. The highest BCUT2D eigenvalue weighted by Crippen LogP contribution is 2.34. The van der Waals surface area contributed by atoms with Gasteiger partial charge in [0.1, 0.15) is 0 Å². The number of hydrogen-bond donors (Lipinski definition) is 0. The molecule has 134 valence electrons. The Hall–Kier alpha value is -1.65. The maximum absolute atomic E-state index is 12.9. The first-order chi connectivity index (χ1) is 11.6. The van der Waals surface area contributed by atoms with Gasteiger partial charge in [-0.3, -0.25) is 0 Å². The van der Waals surface area contributed by atoms with Crippen molar-refractivity contribution >= 4 is 35.0 Å². The summed E-state index contributed by atoms with van der Waals surface area (Å²) in [5.41, 5.74) is 2.25. The van der Waals surface area contributed by atoms with Gasteiger partial charge in [-0.25, -0.2) is 0 Å². The largest absolute Gasteiger partial charge is 0.416 e. The lowest BCUT2D eigenvalue weighted by atomic mass is 10.0. The Bertz CT molecular complexity index is 796. The Kier molecular flexibility index (Phi) is 6.07. The van der Waals surface area contributed by atoms with Gasteiger partial charge in [-0.2, -0.15) is 13.2 Å². The monoisotopic (exact) mass is 387 g/mol. The lowest BCUT2D eigenvalue weighted by Gasteiger charge is -2.18. The van der Waals surface area contributed by atoms with Crippen LogP contribution in [0.25, 0.3) is 6.08 Å². The smallest absolute Gasteiger partial charge is 0.377 e. The molecule has 0 aliphatic carbocycles. The topological polar surface area (TPSA) is 3.24 Å². The van der Waals surface area contributed by atoms with Crippen LogP contribution in [0.15, 0.2) is 36.4 Å². The SMILES string of the molecule is Cc1ccc(Cl)c(C/C=C/c2ccc(C(F)(F)F)cc2N(C)C)c1Cl. The van der Waals surface area contributed by atoms with Gasteiger partial charge in [0, 0.05) is 29.8 Å². The minimum atomic E-state index is -4.37. The van der Waals surface area contributed by atoms with Gasteiger partial charge in [0.05, 0.1) is 5.56 Å². The molecule has 0 aliphatic rings. The number of rotatable bonds is 4. The zero-order valence-electron chi connectivity index (χ0n) is 14.1. The number of alkyl halides is 3. The molecule has 0 radical (unpaired) electrons. The summed E-state index contributed by atoms with van der Waals surface area (Å²) in [5.74, 6) is 0. The van der Waals surface area contributed by atoms with Crippen molar-refractivity contribution in [2.45, 2.75) is 19.5 Å². The first-order valence-electron chi connectivity index (χ1n) is 7.60. The number of benzene rings is 2. The fourth-order valence-electron chi connectivity index (χ4n) is 2.45. The molecule has 0 N–H and O–H groups in total. The van der Waals surface area contributed by atoms with Crippen molar-refractivity contribution in [1.82, 2.24) is 0 Å². The number of anilines is 1. The second-order valence-electron chi connectivity index (χ2n) is 5.93. The number of halogens is 5. The summed E-state index contributed by atoms with van der Waals surface area (Å²) in [7, 11) is 3.42. The van der Waals surface area contributed by atoms with Crippen molar-refractivity contribution in [2.75, 3.05) is 19.0 Å². The minimum absolute atomic E-state index is 0.493. The van der Waals surface area contributed by atoms with Crippen molar-refractivity contribution in [1.29, 1.82) is 0 Å². The summed E-state index contributed by atoms with van der Waals surface area (Å²) in [5, 5.41) is 1.18. The van der Waals surface area contributed by atoms with Gasteiger partial charge in [-0.15, -0.1) is 0 Å². The average Bonchev–Trinajstić information content (AvgIpc) is 2.53. The predicted molar refractivity (Wildman–Crippen MR) is 99.7 cm³/mol. The Labute approximate surface area is 155 Å². The first kappa shape index (κ1) is 19.7. The number of hydrogen-bond acceptors (Lipinski definition) is 1. The van der Waals surface area contributed by atoms with Crippen LogP contribution in [0.2, 0.25) is 10.0 Å². The molecule has 0 spiro atoms. The summed E-state index contributed by atoms with van der Waals surface area (Å²) >= 11 is 12.5. The molecule has 2 rings (SSSR count). The maximum Gasteiger partial charge on any atom is 0.416 e. The lowest BCUT2D eigenvalue weighted by Crippen LogP contribution is -2.13. The van der Waals surface area contributed by atoms with Gasteiger partial charge in [-0.1, -0.05) is 47.5 Å². The van der Waals surface area contributed by atoms with E-state index in [9.17, 15) is 13.2 Å². The molecule has 0 aliphatic heterocycles. The summed E-state index contributed by atoms with van der Waals surface area (Å²) in [6.45, 7) is 1.89. The summed E-state index contributed by atoms with van der Waals surface area (Å²) in [6.07, 6.45) is -0.241. The van der Waals surface area contributed by atoms with E-state index < -0.39 is 11.7 Å². The third-order valence-corrected chi connectivity index (χ3v) is 4.72. The fraction of sp³-hybridized carbons (Fsp3) is 0.263. The van der Waals surface area contributed by atoms with E-state index in [-0.39, 0.29) is 0 Å². The normalized spacial score (nSPS) is 12.0. The van der Waals surface area contributed by atoms with Crippen molar-refractivity contribution in [3.63, 3.8) is 0 Å². The van der Waals surface area contributed by atoms with Crippen LogP contribution in [0.4, 0.5) is 18.9 Å². The van der Waals surface area contributed by atoms with E-state index >= 15 is 0 Å². The average molecular weight is 388 g/mol. The van der Waals surface area contributed by atoms with Crippen molar-refractivity contribution in [3.05, 3.63) is 68.7 Å². The van der Waals surface area contributed by atoms with Crippen LogP contribution in [0.3, 0.4) is 0 Å². The quantitative estimate of drug-likeness (QED) is 0.567. The minimum Gasteiger partial charge on any atom is -0.377 e. The molecule has 1 nitrogen and oxygen atoms in total. The van der Waals surface area contributed by atoms with Gasteiger partial charge in [0.15, 0.2) is 0 Å². The lowest BCUT2D eigenvalue weighted by molar-refractivity contribution is -0.137. The summed E-state index contributed by atoms with van der Waals surface area (Å²) in [6, 6.07) is 7.33. The van der Waals surface area contributed by atoms with E-state index in [0.29, 0.717) is 27.7 Å². The third-order valence-electron chi connectivity index (χ3n) is 3.84. The summed E-state index contributed by atoms with van der Waals surface area (Å²) < 4.78 is 38.7. The van der Waals surface area contributed by atoms with Crippen LogP contribution < -0.4 is 4.90 Å². The molecule has 2 aromatic carbocycles. The second-order valence-corrected chi connectivity index (χ2v) is 6.71. The summed E-state index contributed by atoms with van der Waals surface area (Å²) in [4.78, 5) is 1.65. The zero-order chi connectivity index (χ0) is 18.8. The van der Waals surface area contributed by atoms with Crippen LogP contribution in [-0.2, 0) is 12.6 Å². The highest BCUT2D eigenvalue weighted by molar-refractivity contribution is 6.36. The van der Waals surface area contributed by atoms with Gasteiger partial charge >= 0.3 is 6.18 Å². The van der Waals surface area contributed by atoms with Gasteiger partial charge in [0.2, 0.25) is 0 Å². The van der Waals surface area contributed by atoms with E-state index in [2.05, 4.69) is 0 Å². The molecule has 0 saturated heterocycles. The molecule has 0 aromatic heterocycles.